The minimum atomic E-state index is -0.00691. The molecule has 1 aromatic heterocycles. The van der Waals surface area contributed by atoms with Crippen LogP contribution < -0.4 is 4.90 Å². The molecule has 1 heterocycles. The van der Waals surface area contributed by atoms with Crippen molar-refractivity contribution in [2.75, 3.05) is 38.6 Å². The number of aromatic nitrogens is 2. The summed E-state index contributed by atoms with van der Waals surface area (Å²) in [5.41, 5.74) is 0.748. The smallest absolute Gasteiger partial charge is 0.225 e. The summed E-state index contributed by atoms with van der Waals surface area (Å²) >= 11 is 0. The van der Waals surface area contributed by atoms with Crippen molar-refractivity contribution in [2.45, 2.75) is 20.0 Å². The molecule has 0 unspecified atom stereocenters. The third-order valence-electron chi connectivity index (χ3n) is 2.57. The van der Waals surface area contributed by atoms with Crippen molar-refractivity contribution in [3.63, 3.8) is 0 Å². The van der Waals surface area contributed by atoms with Gasteiger partial charge < -0.3 is 14.9 Å². The van der Waals surface area contributed by atoms with Gasteiger partial charge in [0.05, 0.1) is 6.61 Å². The molecular weight excluding hydrogens is 216 g/mol. The Kier molecular flexibility index (Phi) is 5.86. The Hall–Kier alpha value is -1.20. The van der Waals surface area contributed by atoms with Gasteiger partial charge in [-0.25, -0.2) is 9.97 Å². The van der Waals surface area contributed by atoms with E-state index in [1.807, 2.05) is 0 Å². The van der Waals surface area contributed by atoms with Crippen LogP contribution in [0.1, 0.15) is 18.9 Å². The van der Waals surface area contributed by atoms with Crippen molar-refractivity contribution in [3.05, 3.63) is 18.0 Å². The highest BCUT2D eigenvalue weighted by Gasteiger charge is 2.07. The summed E-state index contributed by atoms with van der Waals surface area (Å²) in [5.74, 6) is 0.739. The van der Waals surface area contributed by atoms with Crippen LogP contribution in [0.15, 0.2) is 12.4 Å². The first kappa shape index (κ1) is 13.9. The molecule has 1 N–H and O–H groups in total. The predicted octanol–water partition coefficient (Wildman–Crippen LogP) is 0.747. The highest BCUT2D eigenvalue weighted by atomic mass is 16.3. The van der Waals surface area contributed by atoms with E-state index >= 15 is 0 Å². The fraction of sp³-hybridized carbons (Fsp3) is 0.667. The maximum Gasteiger partial charge on any atom is 0.225 e. The third kappa shape index (κ3) is 4.66. The minimum absolute atomic E-state index is 0.00691. The van der Waals surface area contributed by atoms with Crippen LogP contribution in [0.25, 0.3) is 0 Å². The monoisotopic (exact) mass is 238 g/mol. The Morgan fingerprint density at radius 2 is 1.82 bits per heavy atom. The van der Waals surface area contributed by atoms with Gasteiger partial charge >= 0.3 is 0 Å². The van der Waals surface area contributed by atoms with Gasteiger partial charge in [0.1, 0.15) is 0 Å². The maximum atomic E-state index is 8.93. The molecule has 0 radical (unpaired) electrons. The lowest BCUT2D eigenvalue weighted by molar-refractivity contribution is 0.281. The first-order chi connectivity index (χ1) is 8.17. The summed E-state index contributed by atoms with van der Waals surface area (Å²) in [6.07, 6.45) is 4.44. The summed E-state index contributed by atoms with van der Waals surface area (Å²) in [4.78, 5) is 12.8. The summed E-state index contributed by atoms with van der Waals surface area (Å²) in [5, 5.41) is 8.93. The third-order valence-corrected chi connectivity index (χ3v) is 2.57. The van der Waals surface area contributed by atoms with Gasteiger partial charge in [0, 0.05) is 31.0 Å². The SMILES string of the molecule is CCN(CCCN(C)C)c1ncc(CO)cn1. The molecule has 96 valence electrons. The fourth-order valence-corrected chi connectivity index (χ4v) is 1.57. The summed E-state index contributed by atoms with van der Waals surface area (Å²) in [6, 6.07) is 0. The van der Waals surface area contributed by atoms with Gasteiger partial charge in [-0.1, -0.05) is 0 Å². The van der Waals surface area contributed by atoms with Crippen LogP contribution in [0.2, 0.25) is 0 Å². The normalized spacial score (nSPS) is 10.9. The predicted molar refractivity (Wildman–Crippen MR) is 69.0 cm³/mol. The molecule has 0 aliphatic heterocycles. The number of aliphatic hydroxyl groups is 1. The number of aliphatic hydroxyl groups excluding tert-OH is 1. The topological polar surface area (TPSA) is 52.5 Å². The Balaban J connectivity index is 2.53. The van der Waals surface area contributed by atoms with Crippen LogP contribution in [-0.4, -0.2) is 53.7 Å². The van der Waals surface area contributed by atoms with Crippen LogP contribution in [0.3, 0.4) is 0 Å². The Bertz CT molecular complexity index is 313. The molecule has 5 heteroatoms. The van der Waals surface area contributed by atoms with E-state index in [1.54, 1.807) is 12.4 Å². The molecular formula is C12H22N4O. The zero-order valence-corrected chi connectivity index (χ0v) is 10.9. The minimum Gasteiger partial charge on any atom is -0.392 e. The van der Waals surface area contributed by atoms with Gasteiger partial charge in [-0.15, -0.1) is 0 Å². The van der Waals surface area contributed by atoms with Crippen molar-refractivity contribution in [1.29, 1.82) is 0 Å². The van der Waals surface area contributed by atoms with Crippen molar-refractivity contribution < 1.29 is 5.11 Å². The van der Waals surface area contributed by atoms with Crippen LogP contribution in [-0.2, 0) is 6.61 Å². The number of nitrogens with zero attached hydrogens (tertiary/aromatic N) is 4. The lowest BCUT2D eigenvalue weighted by Gasteiger charge is -2.21. The first-order valence-electron chi connectivity index (χ1n) is 5.98. The van der Waals surface area contributed by atoms with Gasteiger partial charge in [-0.2, -0.15) is 0 Å². The molecule has 0 atom stereocenters. The van der Waals surface area contributed by atoms with E-state index in [1.165, 1.54) is 0 Å². The Labute approximate surface area is 103 Å². The van der Waals surface area contributed by atoms with Gasteiger partial charge in [-0.05, 0) is 34.0 Å². The number of hydrogen-bond acceptors (Lipinski definition) is 5. The summed E-state index contributed by atoms with van der Waals surface area (Å²) < 4.78 is 0. The molecule has 0 fully saturated rings. The van der Waals surface area contributed by atoms with Crippen molar-refractivity contribution in [2.24, 2.45) is 0 Å². The second-order valence-corrected chi connectivity index (χ2v) is 4.29. The molecule has 1 aromatic rings. The van der Waals surface area contributed by atoms with Gasteiger partial charge in [0.25, 0.3) is 0 Å². The molecule has 0 aliphatic rings. The van der Waals surface area contributed by atoms with E-state index in [4.69, 9.17) is 5.11 Å². The van der Waals surface area contributed by atoms with Crippen LogP contribution in [0, 0.1) is 0 Å². The standard InChI is InChI=1S/C12H22N4O/c1-4-16(7-5-6-15(2)3)12-13-8-11(10-17)9-14-12/h8-9,17H,4-7,10H2,1-3H3. The Morgan fingerprint density at radius 1 is 1.18 bits per heavy atom. The van der Waals surface area contributed by atoms with E-state index in [-0.39, 0.29) is 6.61 Å². The molecule has 17 heavy (non-hydrogen) atoms. The van der Waals surface area contributed by atoms with Crippen LogP contribution >= 0.6 is 0 Å². The second kappa shape index (κ2) is 7.19. The van der Waals surface area contributed by atoms with Crippen molar-refractivity contribution in [1.82, 2.24) is 14.9 Å². The van der Waals surface area contributed by atoms with Crippen LogP contribution in [0.5, 0.6) is 0 Å². The van der Waals surface area contributed by atoms with Gasteiger partial charge in [0.15, 0.2) is 0 Å². The first-order valence-corrected chi connectivity index (χ1v) is 5.98. The number of hydrogen-bond donors (Lipinski definition) is 1. The largest absolute Gasteiger partial charge is 0.392 e. The number of rotatable bonds is 7. The maximum absolute atomic E-state index is 8.93. The lowest BCUT2D eigenvalue weighted by Crippen LogP contribution is -2.28. The summed E-state index contributed by atoms with van der Waals surface area (Å²) in [7, 11) is 4.14. The molecule has 1 rings (SSSR count). The number of anilines is 1. The average molecular weight is 238 g/mol. The summed E-state index contributed by atoms with van der Waals surface area (Å²) in [6.45, 7) is 5.00. The quantitative estimate of drug-likeness (QED) is 0.759. The highest BCUT2D eigenvalue weighted by molar-refractivity contribution is 5.29. The molecule has 5 nitrogen and oxygen atoms in total. The molecule has 0 spiro atoms. The van der Waals surface area contributed by atoms with Crippen molar-refractivity contribution in [3.8, 4) is 0 Å². The molecule has 0 saturated carbocycles. The average Bonchev–Trinajstić information content (AvgIpc) is 2.34. The van der Waals surface area contributed by atoms with E-state index in [2.05, 4.69) is 40.8 Å². The van der Waals surface area contributed by atoms with E-state index in [9.17, 15) is 0 Å². The van der Waals surface area contributed by atoms with E-state index in [0.717, 1.165) is 37.6 Å². The lowest BCUT2D eigenvalue weighted by atomic mass is 10.3. The zero-order valence-electron chi connectivity index (χ0n) is 10.9. The highest BCUT2D eigenvalue weighted by Crippen LogP contribution is 2.07. The Morgan fingerprint density at radius 3 is 2.29 bits per heavy atom. The molecule has 0 saturated heterocycles. The second-order valence-electron chi connectivity index (χ2n) is 4.29. The molecule has 0 aromatic carbocycles. The van der Waals surface area contributed by atoms with Crippen LogP contribution in [0.4, 0.5) is 5.95 Å². The molecule has 0 amide bonds. The van der Waals surface area contributed by atoms with Gasteiger partial charge in [0.2, 0.25) is 5.95 Å². The van der Waals surface area contributed by atoms with E-state index in [0.29, 0.717) is 0 Å². The zero-order chi connectivity index (χ0) is 12.7. The molecule has 0 bridgehead atoms. The van der Waals surface area contributed by atoms with E-state index < -0.39 is 0 Å². The fourth-order valence-electron chi connectivity index (χ4n) is 1.57. The van der Waals surface area contributed by atoms with Gasteiger partial charge in [-0.3, -0.25) is 0 Å². The van der Waals surface area contributed by atoms with Crippen molar-refractivity contribution >= 4 is 5.95 Å². The molecule has 0 aliphatic carbocycles.